The maximum atomic E-state index is 11.8. The molecule has 0 amide bonds. The first-order valence-electron chi connectivity index (χ1n) is 8.58. The molecule has 0 radical (unpaired) electrons. The Hall–Kier alpha value is -0.530. The Morgan fingerprint density at radius 3 is 1.50 bits per heavy atom. The number of hydrogen-bond acceptors (Lipinski definition) is 1. The van der Waals surface area contributed by atoms with E-state index in [1.165, 1.54) is 0 Å². The third-order valence-electron chi connectivity index (χ3n) is 5.40. The highest BCUT2D eigenvalue weighted by Crippen LogP contribution is 2.56. The van der Waals surface area contributed by atoms with Crippen molar-refractivity contribution >= 4 is 5.97 Å². The summed E-state index contributed by atoms with van der Waals surface area (Å²) in [7, 11) is 0. The Labute approximate surface area is 126 Å². The summed E-state index contributed by atoms with van der Waals surface area (Å²) in [6.07, 6.45) is 8.75. The van der Waals surface area contributed by atoms with Crippen molar-refractivity contribution in [2.24, 2.45) is 16.7 Å². The van der Waals surface area contributed by atoms with Crippen LogP contribution in [-0.4, -0.2) is 11.1 Å². The van der Waals surface area contributed by atoms with Gasteiger partial charge in [0, 0.05) is 0 Å². The van der Waals surface area contributed by atoms with Crippen LogP contribution in [0.2, 0.25) is 0 Å². The number of rotatable bonds is 11. The average molecular weight is 284 g/mol. The van der Waals surface area contributed by atoms with Crippen molar-refractivity contribution in [2.75, 3.05) is 0 Å². The molecule has 0 aromatic rings. The van der Waals surface area contributed by atoms with E-state index >= 15 is 0 Å². The summed E-state index contributed by atoms with van der Waals surface area (Å²) >= 11 is 0. The second-order valence-corrected chi connectivity index (χ2v) is 6.78. The van der Waals surface area contributed by atoms with Gasteiger partial charge in [-0.3, -0.25) is 4.79 Å². The van der Waals surface area contributed by atoms with E-state index in [2.05, 4.69) is 34.6 Å². The van der Waals surface area contributed by atoms with Gasteiger partial charge in [0.2, 0.25) is 0 Å². The Morgan fingerprint density at radius 2 is 1.25 bits per heavy atom. The van der Waals surface area contributed by atoms with E-state index in [9.17, 15) is 9.90 Å². The number of carboxylic acids is 1. The molecule has 1 atom stereocenters. The van der Waals surface area contributed by atoms with Gasteiger partial charge < -0.3 is 5.11 Å². The van der Waals surface area contributed by atoms with E-state index in [0.29, 0.717) is 0 Å². The lowest BCUT2D eigenvalue weighted by molar-refractivity contribution is -0.153. The molecular weight excluding hydrogens is 248 g/mol. The first-order chi connectivity index (χ1) is 9.35. The minimum Gasteiger partial charge on any atom is -0.481 e. The van der Waals surface area contributed by atoms with Crippen molar-refractivity contribution in [3.8, 4) is 0 Å². The van der Waals surface area contributed by atoms with Crippen LogP contribution >= 0.6 is 0 Å². The minimum absolute atomic E-state index is 0.0612. The second-order valence-electron chi connectivity index (χ2n) is 6.78. The van der Waals surface area contributed by atoms with Crippen molar-refractivity contribution in [3.63, 3.8) is 0 Å². The van der Waals surface area contributed by atoms with Gasteiger partial charge in [0.05, 0.1) is 5.92 Å². The molecule has 1 N–H and O–H groups in total. The highest BCUT2D eigenvalue weighted by Gasteiger charge is 2.51. The van der Waals surface area contributed by atoms with Gasteiger partial charge in [-0.1, -0.05) is 67.2 Å². The van der Waals surface area contributed by atoms with Crippen LogP contribution in [-0.2, 0) is 4.79 Å². The molecule has 0 aliphatic rings. The predicted molar refractivity (Wildman–Crippen MR) is 87.0 cm³/mol. The van der Waals surface area contributed by atoms with Crippen molar-refractivity contribution in [2.45, 2.75) is 92.9 Å². The van der Waals surface area contributed by atoms with E-state index in [4.69, 9.17) is 0 Å². The topological polar surface area (TPSA) is 37.3 Å². The Bertz CT molecular complexity index is 271. The second kappa shape index (κ2) is 8.69. The molecule has 120 valence electrons. The summed E-state index contributed by atoms with van der Waals surface area (Å²) < 4.78 is 0. The lowest BCUT2D eigenvalue weighted by Gasteiger charge is -2.52. The molecule has 2 heteroatoms. The lowest BCUT2D eigenvalue weighted by atomic mass is 9.52. The molecule has 0 saturated heterocycles. The molecule has 2 nitrogen and oxygen atoms in total. The van der Waals surface area contributed by atoms with Crippen LogP contribution in [0.15, 0.2) is 0 Å². The van der Waals surface area contributed by atoms with Gasteiger partial charge in [0.25, 0.3) is 0 Å². The summed E-state index contributed by atoms with van der Waals surface area (Å²) in [5.74, 6) is -0.879. The number of hydrogen-bond donors (Lipinski definition) is 1. The largest absolute Gasteiger partial charge is 0.481 e. The molecule has 0 aromatic carbocycles. The zero-order valence-electron chi connectivity index (χ0n) is 14.6. The summed E-state index contributed by atoms with van der Waals surface area (Å²) in [5, 5.41) is 9.67. The third-order valence-corrected chi connectivity index (χ3v) is 5.40. The Kier molecular flexibility index (Phi) is 8.46. The monoisotopic (exact) mass is 284 g/mol. The zero-order valence-corrected chi connectivity index (χ0v) is 14.6. The van der Waals surface area contributed by atoms with Gasteiger partial charge in [-0.15, -0.1) is 0 Å². The van der Waals surface area contributed by atoms with Crippen molar-refractivity contribution in [1.29, 1.82) is 0 Å². The maximum absolute atomic E-state index is 11.8. The number of carbonyl (C=O) groups is 1. The van der Waals surface area contributed by atoms with Gasteiger partial charge in [-0.05, 0) is 36.5 Å². The van der Waals surface area contributed by atoms with E-state index in [0.717, 1.165) is 51.4 Å². The van der Waals surface area contributed by atoms with Crippen LogP contribution in [0.4, 0.5) is 0 Å². The molecule has 0 aromatic heterocycles. The Morgan fingerprint density at radius 1 is 0.900 bits per heavy atom. The SMILES string of the molecule is CCCC(C)(CCC)C(CCC)(CCC)C(C)C(=O)O. The zero-order chi connectivity index (χ0) is 15.8. The third kappa shape index (κ3) is 3.99. The Balaban J connectivity index is 5.79. The fraction of sp³-hybridized carbons (Fsp3) is 0.944. The van der Waals surface area contributed by atoms with Gasteiger partial charge >= 0.3 is 5.97 Å². The van der Waals surface area contributed by atoms with Gasteiger partial charge in [0.1, 0.15) is 0 Å². The minimum atomic E-state index is -0.620. The maximum Gasteiger partial charge on any atom is 0.306 e. The molecule has 0 rings (SSSR count). The predicted octanol–water partition coefficient (Wildman–Crippen LogP) is 5.90. The summed E-state index contributed by atoms with van der Waals surface area (Å²) in [5.41, 5.74) is 0.0781. The summed E-state index contributed by atoms with van der Waals surface area (Å²) in [4.78, 5) is 11.8. The smallest absolute Gasteiger partial charge is 0.306 e. The molecular formula is C18H36O2. The van der Waals surface area contributed by atoms with E-state index in [1.54, 1.807) is 0 Å². The van der Waals surface area contributed by atoms with Crippen LogP contribution in [0.5, 0.6) is 0 Å². The molecule has 0 aliphatic carbocycles. The number of aliphatic carboxylic acids is 1. The fourth-order valence-electron chi connectivity index (χ4n) is 4.54. The highest BCUT2D eigenvalue weighted by molar-refractivity contribution is 5.70. The normalized spacial score (nSPS) is 14.3. The van der Waals surface area contributed by atoms with Crippen molar-refractivity contribution in [1.82, 2.24) is 0 Å². The number of carboxylic acid groups (broad SMARTS) is 1. The average Bonchev–Trinajstić information content (AvgIpc) is 2.37. The van der Waals surface area contributed by atoms with Gasteiger partial charge in [0.15, 0.2) is 0 Å². The molecule has 0 aliphatic heterocycles. The van der Waals surface area contributed by atoms with Gasteiger partial charge in [-0.2, -0.15) is 0 Å². The highest BCUT2D eigenvalue weighted by atomic mass is 16.4. The molecule has 0 bridgehead atoms. The van der Waals surface area contributed by atoms with Crippen LogP contribution in [0, 0.1) is 16.7 Å². The molecule has 1 unspecified atom stereocenters. The molecule has 0 spiro atoms. The molecule has 0 saturated carbocycles. The van der Waals surface area contributed by atoms with E-state index < -0.39 is 5.97 Å². The van der Waals surface area contributed by atoms with Gasteiger partial charge in [-0.25, -0.2) is 0 Å². The summed E-state index contributed by atoms with van der Waals surface area (Å²) in [6.45, 7) is 13.1. The first kappa shape index (κ1) is 19.5. The quantitative estimate of drug-likeness (QED) is 0.513. The van der Waals surface area contributed by atoms with Crippen molar-refractivity contribution in [3.05, 3.63) is 0 Å². The van der Waals surface area contributed by atoms with Crippen LogP contribution < -0.4 is 0 Å². The van der Waals surface area contributed by atoms with Crippen LogP contribution in [0.25, 0.3) is 0 Å². The van der Waals surface area contributed by atoms with Crippen LogP contribution in [0.3, 0.4) is 0 Å². The van der Waals surface area contributed by atoms with E-state index in [1.807, 2.05) is 6.92 Å². The first-order valence-corrected chi connectivity index (χ1v) is 8.58. The lowest BCUT2D eigenvalue weighted by Crippen LogP contribution is -2.47. The summed E-state index contributed by atoms with van der Waals surface area (Å²) in [6, 6.07) is 0. The molecule has 20 heavy (non-hydrogen) atoms. The molecule has 0 heterocycles. The van der Waals surface area contributed by atoms with E-state index in [-0.39, 0.29) is 16.7 Å². The standard InChI is InChI=1S/C18H36O2/c1-7-11-17(6,12-8-2)18(13-9-3,14-10-4)15(5)16(19)20/h15H,7-14H2,1-6H3,(H,19,20). The van der Waals surface area contributed by atoms with Crippen molar-refractivity contribution < 1.29 is 9.90 Å². The fourth-order valence-corrected chi connectivity index (χ4v) is 4.54. The van der Waals surface area contributed by atoms with Crippen LogP contribution in [0.1, 0.15) is 92.9 Å². The molecule has 0 fully saturated rings.